The fourth-order valence-corrected chi connectivity index (χ4v) is 2.01. The highest BCUT2D eigenvalue weighted by Crippen LogP contribution is 2.29. The highest BCUT2D eigenvalue weighted by molar-refractivity contribution is 5.88. The zero-order valence-corrected chi connectivity index (χ0v) is 8.85. The van der Waals surface area contributed by atoms with E-state index in [2.05, 4.69) is 10.2 Å². The van der Waals surface area contributed by atoms with E-state index in [-0.39, 0.29) is 11.6 Å². The Morgan fingerprint density at radius 2 is 1.92 bits per heavy atom. The van der Waals surface area contributed by atoms with Gasteiger partial charge in [-0.05, 0) is 27.7 Å². The van der Waals surface area contributed by atoms with Crippen LogP contribution >= 0.6 is 0 Å². The van der Waals surface area contributed by atoms with Crippen LogP contribution in [0, 0.1) is 0 Å². The molecule has 0 bridgehead atoms. The lowest BCUT2D eigenvalue weighted by Crippen LogP contribution is -2.53. The number of rotatable bonds is 2. The number of carbonyl (C=O) groups excluding carboxylic acids is 1. The van der Waals surface area contributed by atoms with Crippen molar-refractivity contribution < 1.29 is 4.79 Å². The first-order chi connectivity index (χ1) is 5.82. The molecule has 1 aliphatic heterocycles. The van der Waals surface area contributed by atoms with Crippen molar-refractivity contribution in [1.82, 2.24) is 10.2 Å². The van der Waals surface area contributed by atoms with E-state index in [9.17, 15) is 4.79 Å². The van der Waals surface area contributed by atoms with Crippen LogP contribution in [0.1, 0.15) is 27.7 Å². The minimum atomic E-state index is -0.442. The number of nitrogens with one attached hydrogen (secondary N) is 1. The van der Waals surface area contributed by atoms with Crippen LogP contribution in [0.5, 0.6) is 0 Å². The van der Waals surface area contributed by atoms with Gasteiger partial charge >= 0.3 is 0 Å². The molecule has 0 unspecified atom stereocenters. The van der Waals surface area contributed by atoms with Crippen LogP contribution in [0.3, 0.4) is 0 Å². The van der Waals surface area contributed by atoms with Crippen molar-refractivity contribution >= 4 is 5.91 Å². The van der Waals surface area contributed by atoms with Gasteiger partial charge in [0.05, 0.1) is 11.2 Å². The molecule has 0 spiro atoms. The Morgan fingerprint density at radius 1 is 1.38 bits per heavy atom. The second-order valence-electron chi connectivity index (χ2n) is 4.51. The minimum Gasteiger partial charge on any atom is -0.337 e. The quantitative estimate of drug-likeness (QED) is 0.631. The summed E-state index contributed by atoms with van der Waals surface area (Å²) < 4.78 is 0. The number of carbonyl (C=O) groups is 1. The van der Waals surface area contributed by atoms with Crippen molar-refractivity contribution in [3.05, 3.63) is 0 Å². The molecule has 1 saturated heterocycles. The number of hydrogen-bond acceptors (Lipinski definition) is 3. The summed E-state index contributed by atoms with van der Waals surface area (Å²) in [5, 5.41) is 2.95. The van der Waals surface area contributed by atoms with Crippen LogP contribution in [0.15, 0.2) is 0 Å². The van der Waals surface area contributed by atoms with E-state index in [1.807, 2.05) is 27.7 Å². The molecule has 1 fully saturated rings. The van der Waals surface area contributed by atoms with Gasteiger partial charge in [0.15, 0.2) is 0 Å². The lowest BCUT2D eigenvalue weighted by Gasteiger charge is -2.36. The maximum Gasteiger partial charge on any atom is 0.241 e. The van der Waals surface area contributed by atoms with Gasteiger partial charge in [-0.3, -0.25) is 9.69 Å². The fraction of sp³-hybridized carbons (Fsp3) is 0.889. The SMILES string of the molecule is CC1(C)NC(=O)C(C)(C)N1CCN. The molecule has 0 aromatic heterocycles. The molecule has 0 saturated carbocycles. The number of hydrogen-bond donors (Lipinski definition) is 2. The van der Waals surface area contributed by atoms with Crippen LogP contribution < -0.4 is 11.1 Å². The van der Waals surface area contributed by atoms with E-state index in [4.69, 9.17) is 5.73 Å². The third kappa shape index (κ3) is 1.56. The molecule has 76 valence electrons. The van der Waals surface area contributed by atoms with E-state index in [0.29, 0.717) is 6.54 Å². The lowest BCUT2D eigenvalue weighted by molar-refractivity contribution is -0.125. The molecule has 13 heavy (non-hydrogen) atoms. The average Bonchev–Trinajstić information content (AvgIpc) is 2.10. The molecule has 3 N–H and O–H groups in total. The Hall–Kier alpha value is -0.610. The summed E-state index contributed by atoms with van der Waals surface area (Å²) >= 11 is 0. The highest BCUT2D eigenvalue weighted by Gasteiger charge is 2.50. The van der Waals surface area contributed by atoms with Gasteiger partial charge in [-0.25, -0.2) is 0 Å². The Bertz CT molecular complexity index is 223. The Morgan fingerprint density at radius 3 is 2.23 bits per heavy atom. The van der Waals surface area contributed by atoms with Crippen molar-refractivity contribution in [1.29, 1.82) is 0 Å². The predicted molar refractivity (Wildman–Crippen MR) is 52.1 cm³/mol. The Kier molecular flexibility index (Phi) is 2.38. The van der Waals surface area contributed by atoms with Crippen molar-refractivity contribution in [2.75, 3.05) is 13.1 Å². The Labute approximate surface area is 79.5 Å². The molecule has 4 heteroatoms. The summed E-state index contributed by atoms with van der Waals surface area (Å²) in [5.41, 5.74) is 4.80. The van der Waals surface area contributed by atoms with E-state index in [1.54, 1.807) is 0 Å². The number of nitrogens with zero attached hydrogens (tertiary/aromatic N) is 1. The van der Waals surface area contributed by atoms with E-state index < -0.39 is 5.54 Å². The first kappa shape index (κ1) is 10.5. The van der Waals surface area contributed by atoms with Crippen LogP contribution in [-0.2, 0) is 4.79 Å². The average molecular weight is 185 g/mol. The number of nitrogens with two attached hydrogens (primary N) is 1. The molecule has 0 aliphatic carbocycles. The van der Waals surface area contributed by atoms with Gasteiger partial charge in [0.1, 0.15) is 0 Å². The smallest absolute Gasteiger partial charge is 0.241 e. The van der Waals surface area contributed by atoms with E-state index in [0.717, 1.165) is 6.54 Å². The van der Waals surface area contributed by atoms with Gasteiger partial charge in [-0.1, -0.05) is 0 Å². The molecule has 1 amide bonds. The van der Waals surface area contributed by atoms with Gasteiger partial charge in [0.25, 0.3) is 0 Å². The summed E-state index contributed by atoms with van der Waals surface area (Å²) in [6.45, 7) is 9.14. The second-order valence-corrected chi connectivity index (χ2v) is 4.51. The predicted octanol–water partition coefficient (Wildman–Crippen LogP) is -0.108. The third-order valence-electron chi connectivity index (χ3n) is 2.68. The monoisotopic (exact) mass is 185 g/mol. The molecular formula is C9H19N3O. The molecule has 0 atom stereocenters. The summed E-state index contributed by atoms with van der Waals surface area (Å²) in [7, 11) is 0. The minimum absolute atomic E-state index is 0.0750. The van der Waals surface area contributed by atoms with Gasteiger partial charge in [-0.2, -0.15) is 0 Å². The first-order valence-electron chi connectivity index (χ1n) is 4.63. The zero-order chi connectivity index (χ0) is 10.3. The summed E-state index contributed by atoms with van der Waals surface area (Å²) in [6.07, 6.45) is 0. The molecule has 1 rings (SSSR count). The molecular weight excluding hydrogens is 166 g/mol. The summed E-state index contributed by atoms with van der Waals surface area (Å²) in [5.74, 6) is 0.0750. The standard InChI is InChI=1S/C9H19N3O/c1-8(2)7(13)11-9(3,4)12(8)6-5-10/h5-6,10H2,1-4H3,(H,11,13). The fourth-order valence-electron chi connectivity index (χ4n) is 2.01. The lowest BCUT2D eigenvalue weighted by atomic mass is 10.0. The molecule has 0 aromatic rings. The van der Waals surface area contributed by atoms with Gasteiger partial charge in [0.2, 0.25) is 5.91 Å². The largest absolute Gasteiger partial charge is 0.337 e. The topological polar surface area (TPSA) is 58.4 Å². The molecule has 1 aliphatic rings. The van der Waals surface area contributed by atoms with E-state index >= 15 is 0 Å². The second kappa shape index (κ2) is 2.96. The maximum absolute atomic E-state index is 11.6. The van der Waals surface area contributed by atoms with Crippen molar-refractivity contribution in [3.8, 4) is 0 Å². The molecule has 0 radical (unpaired) electrons. The zero-order valence-electron chi connectivity index (χ0n) is 8.85. The van der Waals surface area contributed by atoms with Crippen LogP contribution in [0.2, 0.25) is 0 Å². The van der Waals surface area contributed by atoms with Crippen LogP contribution in [0.25, 0.3) is 0 Å². The van der Waals surface area contributed by atoms with Crippen molar-refractivity contribution in [2.45, 2.75) is 38.9 Å². The first-order valence-corrected chi connectivity index (χ1v) is 4.63. The summed E-state index contributed by atoms with van der Waals surface area (Å²) in [6, 6.07) is 0. The van der Waals surface area contributed by atoms with E-state index in [1.165, 1.54) is 0 Å². The third-order valence-corrected chi connectivity index (χ3v) is 2.68. The Balaban J connectivity index is 2.93. The number of amides is 1. The van der Waals surface area contributed by atoms with Gasteiger partial charge in [0, 0.05) is 13.1 Å². The van der Waals surface area contributed by atoms with Crippen LogP contribution in [-0.4, -0.2) is 35.1 Å². The normalized spacial score (nSPS) is 26.1. The summed E-state index contributed by atoms with van der Waals surface area (Å²) in [4.78, 5) is 13.7. The molecule has 4 nitrogen and oxygen atoms in total. The maximum atomic E-state index is 11.6. The highest BCUT2D eigenvalue weighted by atomic mass is 16.2. The van der Waals surface area contributed by atoms with Crippen molar-refractivity contribution in [2.24, 2.45) is 5.73 Å². The van der Waals surface area contributed by atoms with Crippen molar-refractivity contribution in [3.63, 3.8) is 0 Å². The molecule has 1 heterocycles. The van der Waals surface area contributed by atoms with Gasteiger partial charge in [-0.15, -0.1) is 0 Å². The van der Waals surface area contributed by atoms with Crippen LogP contribution in [0.4, 0.5) is 0 Å². The molecule has 0 aromatic carbocycles. The van der Waals surface area contributed by atoms with Gasteiger partial charge < -0.3 is 11.1 Å².